The zero-order valence-electron chi connectivity index (χ0n) is 15.6. The molecule has 30 heavy (non-hydrogen) atoms. The van der Waals surface area contributed by atoms with Crippen LogP contribution in [-0.4, -0.2) is 29.0 Å². The largest absolute Gasteiger partial charge is 0.486 e. The van der Waals surface area contributed by atoms with Crippen molar-refractivity contribution < 1.29 is 14.3 Å². The average Bonchev–Trinajstić information content (AvgIpc) is 3.04. The number of anilines is 1. The van der Waals surface area contributed by atoms with Gasteiger partial charge in [0.15, 0.2) is 17.3 Å². The minimum atomic E-state index is -0.674. The highest BCUT2D eigenvalue weighted by atomic mass is 16.6. The van der Waals surface area contributed by atoms with Gasteiger partial charge in [-0.25, -0.2) is 4.79 Å². The van der Waals surface area contributed by atoms with Crippen LogP contribution in [0.15, 0.2) is 57.6 Å². The molecule has 8 heteroatoms. The average molecular weight is 401 g/mol. The Balaban J connectivity index is 1.63. The molecule has 0 fully saturated rings. The second kappa shape index (κ2) is 5.96. The molecule has 3 heterocycles. The highest BCUT2D eigenvalue weighted by Gasteiger charge is 2.42. The van der Waals surface area contributed by atoms with Crippen molar-refractivity contribution in [3.05, 3.63) is 91.1 Å². The van der Waals surface area contributed by atoms with Crippen molar-refractivity contribution in [1.29, 1.82) is 0 Å². The summed E-state index contributed by atoms with van der Waals surface area (Å²) in [5, 5.41) is 3.12. The number of nitrogens with one attached hydrogen (secondary N) is 3. The molecule has 3 aliphatic rings. The van der Waals surface area contributed by atoms with Gasteiger partial charge in [0.05, 0.1) is 11.3 Å². The van der Waals surface area contributed by atoms with Gasteiger partial charge in [0, 0.05) is 22.6 Å². The Morgan fingerprint density at radius 2 is 1.63 bits per heavy atom. The SMILES string of the molecule is O=C1C2=C(Nc3[nH]c(=O)[nH]c(=O)c3C2c2ccc3c(c2)OCCO3)c2ccccc21. The number of aromatic nitrogens is 2. The molecule has 3 aromatic rings. The highest BCUT2D eigenvalue weighted by molar-refractivity contribution is 6.23. The minimum Gasteiger partial charge on any atom is -0.486 e. The quantitative estimate of drug-likeness (QED) is 0.575. The maximum atomic E-state index is 13.4. The van der Waals surface area contributed by atoms with Crippen molar-refractivity contribution in [1.82, 2.24) is 9.97 Å². The molecule has 0 amide bonds. The lowest BCUT2D eigenvalue weighted by molar-refractivity contribution is 0.103. The monoisotopic (exact) mass is 401 g/mol. The summed E-state index contributed by atoms with van der Waals surface area (Å²) in [5.41, 5.74) is 2.20. The van der Waals surface area contributed by atoms with Gasteiger partial charge in [-0.2, -0.15) is 0 Å². The molecular formula is C22H15N3O5. The fourth-order valence-electron chi connectivity index (χ4n) is 4.43. The van der Waals surface area contributed by atoms with E-state index in [2.05, 4.69) is 15.3 Å². The van der Waals surface area contributed by atoms with Gasteiger partial charge in [-0.05, 0) is 17.7 Å². The van der Waals surface area contributed by atoms with Gasteiger partial charge in [0.1, 0.15) is 19.0 Å². The lowest BCUT2D eigenvalue weighted by atomic mass is 9.81. The van der Waals surface area contributed by atoms with Gasteiger partial charge in [0.2, 0.25) is 0 Å². The molecule has 1 unspecified atom stereocenters. The first-order valence-electron chi connectivity index (χ1n) is 9.53. The fourth-order valence-corrected chi connectivity index (χ4v) is 4.43. The number of ketones is 1. The van der Waals surface area contributed by atoms with Crippen molar-refractivity contribution in [3.8, 4) is 11.5 Å². The molecule has 0 bridgehead atoms. The molecule has 1 aromatic heterocycles. The van der Waals surface area contributed by atoms with Crippen LogP contribution in [0.4, 0.5) is 5.82 Å². The number of benzene rings is 2. The number of carbonyl (C=O) groups excluding carboxylic acids is 1. The van der Waals surface area contributed by atoms with Gasteiger partial charge < -0.3 is 14.8 Å². The van der Waals surface area contributed by atoms with E-state index in [1.807, 2.05) is 18.2 Å². The van der Waals surface area contributed by atoms with Crippen LogP contribution in [0.2, 0.25) is 0 Å². The third kappa shape index (κ3) is 2.24. The molecule has 0 saturated carbocycles. The van der Waals surface area contributed by atoms with Crippen molar-refractivity contribution >= 4 is 17.3 Å². The van der Waals surface area contributed by atoms with E-state index in [1.165, 1.54) is 0 Å². The lowest BCUT2D eigenvalue weighted by Gasteiger charge is -2.28. The first-order valence-corrected chi connectivity index (χ1v) is 9.53. The number of carbonyl (C=O) groups is 1. The molecule has 148 valence electrons. The van der Waals surface area contributed by atoms with Gasteiger partial charge in [-0.3, -0.25) is 19.6 Å². The van der Waals surface area contributed by atoms with E-state index < -0.39 is 17.2 Å². The summed E-state index contributed by atoms with van der Waals surface area (Å²) < 4.78 is 11.3. The number of aromatic amines is 2. The van der Waals surface area contributed by atoms with Crippen LogP contribution in [-0.2, 0) is 0 Å². The third-order valence-electron chi connectivity index (χ3n) is 5.66. The maximum Gasteiger partial charge on any atom is 0.327 e. The number of fused-ring (bicyclic) bond motifs is 4. The number of H-pyrrole nitrogens is 2. The van der Waals surface area contributed by atoms with E-state index in [4.69, 9.17) is 9.47 Å². The predicted molar refractivity (Wildman–Crippen MR) is 108 cm³/mol. The predicted octanol–water partition coefficient (Wildman–Crippen LogP) is 2.00. The summed E-state index contributed by atoms with van der Waals surface area (Å²) in [6.07, 6.45) is 0. The minimum absolute atomic E-state index is 0.149. The number of hydrogen-bond acceptors (Lipinski definition) is 6. The zero-order valence-corrected chi connectivity index (χ0v) is 15.6. The van der Waals surface area contributed by atoms with Gasteiger partial charge in [-0.15, -0.1) is 0 Å². The number of hydrogen-bond donors (Lipinski definition) is 3. The number of rotatable bonds is 1. The standard InChI is InChI=1S/C22H15N3O5/c26-19-12-4-2-1-3-11(12)18-16(19)15(17-20(23-18)24-22(28)25-21(17)27)10-5-6-13-14(9-10)30-8-7-29-13/h1-6,9,15H,7-8H2,(H3,23,24,25,27,28). The summed E-state index contributed by atoms with van der Waals surface area (Å²) in [4.78, 5) is 43.0. The molecular weight excluding hydrogens is 386 g/mol. The Hall–Kier alpha value is -4.07. The van der Waals surface area contributed by atoms with E-state index in [0.29, 0.717) is 47.1 Å². The molecule has 1 aliphatic carbocycles. The first-order chi connectivity index (χ1) is 14.6. The van der Waals surface area contributed by atoms with Crippen molar-refractivity contribution in [2.45, 2.75) is 5.92 Å². The fraction of sp³-hybridized carbons (Fsp3) is 0.136. The molecule has 1 atom stereocenters. The van der Waals surface area contributed by atoms with Crippen LogP contribution >= 0.6 is 0 Å². The zero-order chi connectivity index (χ0) is 20.4. The summed E-state index contributed by atoms with van der Waals surface area (Å²) in [7, 11) is 0. The van der Waals surface area contributed by atoms with Gasteiger partial charge in [-0.1, -0.05) is 30.3 Å². The molecule has 8 nitrogen and oxygen atoms in total. The molecule has 0 radical (unpaired) electrons. The Kier molecular flexibility index (Phi) is 3.35. The summed E-state index contributed by atoms with van der Waals surface area (Å²) in [6, 6.07) is 12.6. The Morgan fingerprint density at radius 1 is 0.867 bits per heavy atom. The van der Waals surface area contributed by atoms with Gasteiger partial charge >= 0.3 is 5.69 Å². The normalized spacial score (nSPS) is 18.4. The molecule has 3 N–H and O–H groups in total. The van der Waals surface area contributed by atoms with Crippen molar-refractivity contribution in [3.63, 3.8) is 0 Å². The van der Waals surface area contributed by atoms with Gasteiger partial charge in [0.25, 0.3) is 5.56 Å². The van der Waals surface area contributed by atoms with Crippen molar-refractivity contribution in [2.24, 2.45) is 0 Å². The number of ether oxygens (including phenoxy) is 2. The van der Waals surface area contributed by atoms with Crippen LogP contribution in [0.25, 0.3) is 5.70 Å². The lowest BCUT2D eigenvalue weighted by Crippen LogP contribution is -2.33. The Bertz CT molecular complexity index is 1400. The Morgan fingerprint density at radius 3 is 2.47 bits per heavy atom. The molecule has 2 aromatic carbocycles. The highest BCUT2D eigenvalue weighted by Crippen LogP contribution is 2.48. The van der Waals surface area contributed by atoms with E-state index in [1.54, 1.807) is 24.3 Å². The van der Waals surface area contributed by atoms with Crippen molar-refractivity contribution in [2.75, 3.05) is 18.5 Å². The summed E-state index contributed by atoms with van der Waals surface area (Å²) in [6.45, 7) is 0.887. The van der Waals surface area contributed by atoms with E-state index in [0.717, 1.165) is 5.56 Å². The second-order valence-corrected chi connectivity index (χ2v) is 7.32. The smallest absolute Gasteiger partial charge is 0.327 e. The van der Waals surface area contributed by atoms with Crippen LogP contribution in [0, 0.1) is 0 Å². The van der Waals surface area contributed by atoms with E-state index >= 15 is 0 Å². The topological polar surface area (TPSA) is 113 Å². The number of Topliss-reactive ketones (excluding diaryl/α,β-unsaturated/α-hetero) is 1. The van der Waals surface area contributed by atoms with E-state index in [9.17, 15) is 14.4 Å². The van der Waals surface area contributed by atoms with Crippen LogP contribution in [0.3, 0.4) is 0 Å². The molecule has 6 rings (SSSR count). The van der Waals surface area contributed by atoms with Crippen LogP contribution in [0.5, 0.6) is 11.5 Å². The Labute approximate surface area is 169 Å². The summed E-state index contributed by atoms with van der Waals surface area (Å²) >= 11 is 0. The van der Waals surface area contributed by atoms with E-state index in [-0.39, 0.29) is 17.2 Å². The van der Waals surface area contributed by atoms with Crippen LogP contribution in [0.1, 0.15) is 33.0 Å². The third-order valence-corrected chi connectivity index (χ3v) is 5.66. The molecule has 0 spiro atoms. The molecule has 2 aliphatic heterocycles. The summed E-state index contributed by atoms with van der Waals surface area (Å²) in [5.74, 6) is 0.637. The van der Waals surface area contributed by atoms with Crippen LogP contribution < -0.4 is 26.0 Å². The first kappa shape index (κ1) is 16.8. The number of allylic oxidation sites excluding steroid dienone is 1. The second-order valence-electron chi connectivity index (χ2n) is 7.32. The molecule has 0 saturated heterocycles. The maximum absolute atomic E-state index is 13.4.